The molecular weight excluding hydrogens is 260 g/mol. The molecule has 2 heterocycles. The number of anilines is 1. The lowest BCUT2D eigenvalue weighted by atomic mass is 10.1. The monoisotopic (exact) mass is 272 g/mol. The lowest BCUT2D eigenvalue weighted by molar-refractivity contribution is -0.116. The zero-order valence-corrected chi connectivity index (χ0v) is 11.1. The van der Waals surface area contributed by atoms with Gasteiger partial charge in [-0.1, -0.05) is 6.07 Å². The second kappa shape index (κ2) is 4.64. The number of hydrogen-bond acceptors (Lipinski definition) is 5. The molecular formula is C13H12N4OS. The van der Waals surface area contributed by atoms with Gasteiger partial charge >= 0.3 is 0 Å². The molecule has 1 atom stereocenters. The predicted molar refractivity (Wildman–Crippen MR) is 72.9 cm³/mol. The van der Waals surface area contributed by atoms with E-state index in [2.05, 4.69) is 15.3 Å². The summed E-state index contributed by atoms with van der Waals surface area (Å²) in [7, 11) is 0. The largest absolute Gasteiger partial charge is 0.324 e. The SMILES string of the molecule is Cc1ccnc(Sc2ccc3c(c2)NC(=O)C3N)n1. The second-order valence-corrected chi connectivity index (χ2v) is 5.34. The molecule has 3 N–H and O–H groups in total. The van der Waals surface area contributed by atoms with E-state index in [1.54, 1.807) is 6.20 Å². The van der Waals surface area contributed by atoms with E-state index >= 15 is 0 Å². The van der Waals surface area contributed by atoms with E-state index in [0.29, 0.717) is 5.16 Å². The van der Waals surface area contributed by atoms with Crippen molar-refractivity contribution in [3.8, 4) is 0 Å². The maximum atomic E-state index is 11.5. The number of fused-ring (bicyclic) bond motifs is 1. The zero-order chi connectivity index (χ0) is 13.4. The fourth-order valence-corrected chi connectivity index (χ4v) is 2.74. The first-order chi connectivity index (χ1) is 9.13. The second-order valence-electron chi connectivity index (χ2n) is 4.30. The number of nitrogens with two attached hydrogens (primary N) is 1. The molecule has 2 aromatic rings. The van der Waals surface area contributed by atoms with E-state index in [9.17, 15) is 4.79 Å². The van der Waals surface area contributed by atoms with Gasteiger partial charge in [0.25, 0.3) is 0 Å². The summed E-state index contributed by atoms with van der Waals surface area (Å²) in [6, 6.07) is 6.98. The molecule has 19 heavy (non-hydrogen) atoms. The molecule has 5 nitrogen and oxygen atoms in total. The summed E-state index contributed by atoms with van der Waals surface area (Å²) in [5, 5.41) is 3.46. The van der Waals surface area contributed by atoms with Crippen LogP contribution in [0.3, 0.4) is 0 Å². The van der Waals surface area contributed by atoms with Crippen LogP contribution in [0.4, 0.5) is 5.69 Å². The van der Waals surface area contributed by atoms with Crippen molar-refractivity contribution in [1.82, 2.24) is 9.97 Å². The minimum atomic E-state index is -0.565. The summed E-state index contributed by atoms with van der Waals surface area (Å²) < 4.78 is 0. The number of rotatable bonds is 2. The zero-order valence-electron chi connectivity index (χ0n) is 10.3. The fourth-order valence-electron chi connectivity index (χ4n) is 1.91. The lowest BCUT2D eigenvalue weighted by Crippen LogP contribution is -2.19. The number of nitrogens with one attached hydrogen (secondary N) is 1. The Labute approximate surface area is 114 Å². The van der Waals surface area contributed by atoms with Gasteiger partial charge in [-0.25, -0.2) is 9.97 Å². The number of benzene rings is 1. The average molecular weight is 272 g/mol. The number of carbonyl (C=O) groups excluding carboxylic acids is 1. The van der Waals surface area contributed by atoms with Crippen molar-refractivity contribution in [2.75, 3.05) is 5.32 Å². The van der Waals surface area contributed by atoms with Gasteiger partial charge < -0.3 is 11.1 Å². The van der Waals surface area contributed by atoms with Crippen LogP contribution >= 0.6 is 11.8 Å². The number of amides is 1. The molecule has 0 saturated carbocycles. The average Bonchev–Trinajstić information content (AvgIpc) is 2.65. The molecule has 3 rings (SSSR count). The molecule has 96 valence electrons. The first-order valence-corrected chi connectivity index (χ1v) is 6.63. The quantitative estimate of drug-likeness (QED) is 0.816. The molecule has 1 amide bonds. The van der Waals surface area contributed by atoms with E-state index in [1.165, 1.54) is 11.8 Å². The van der Waals surface area contributed by atoms with Crippen LogP contribution in [0.15, 0.2) is 40.5 Å². The maximum absolute atomic E-state index is 11.5. The van der Waals surface area contributed by atoms with E-state index in [-0.39, 0.29) is 5.91 Å². The third-order valence-corrected chi connectivity index (χ3v) is 3.75. The van der Waals surface area contributed by atoms with Crippen LogP contribution in [0, 0.1) is 6.92 Å². The minimum absolute atomic E-state index is 0.163. The van der Waals surface area contributed by atoms with Crippen molar-refractivity contribution in [1.29, 1.82) is 0 Å². The molecule has 1 aromatic carbocycles. The number of nitrogens with zero attached hydrogens (tertiary/aromatic N) is 2. The fraction of sp³-hybridized carbons (Fsp3) is 0.154. The molecule has 0 fully saturated rings. The van der Waals surface area contributed by atoms with Crippen LogP contribution in [0.25, 0.3) is 0 Å². The Morgan fingerprint density at radius 3 is 3.00 bits per heavy atom. The van der Waals surface area contributed by atoms with Crippen molar-refractivity contribution < 1.29 is 4.79 Å². The predicted octanol–water partition coefficient (Wildman–Crippen LogP) is 1.89. The van der Waals surface area contributed by atoms with Crippen LogP contribution in [0.5, 0.6) is 0 Å². The van der Waals surface area contributed by atoms with Crippen LogP contribution in [-0.2, 0) is 4.79 Å². The van der Waals surface area contributed by atoms with Crippen LogP contribution in [0.2, 0.25) is 0 Å². The molecule has 6 heteroatoms. The van der Waals surface area contributed by atoms with E-state index in [1.807, 2.05) is 31.2 Å². The van der Waals surface area contributed by atoms with Gasteiger partial charge in [0.1, 0.15) is 6.04 Å². The highest BCUT2D eigenvalue weighted by molar-refractivity contribution is 7.99. The minimum Gasteiger partial charge on any atom is -0.324 e. The Kier molecular flexibility index (Phi) is 2.96. The third kappa shape index (κ3) is 2.32. The van der Waals surface area contributed by atoms with Crippen molar-refractivity contribution in [2.45, 2.75) is 23.0 Å². The van der Waals surface area contributed by atoms with Crippen LogP contribution in [0.1, 0.15) is 17.3 Å². The summed E-state index contributed by atoms with van der Waals surface area (Å²) in [6.07, 6.45) is 1.73. The number of aromatic nitrogens is 2. The van der Waals surface area contributed by atoms with Crippen molar-refractivity contribution >= 4 is 23.4 Å². The molecule has 1 aliphatic heterocycles. The van der Waals surface area contributed by atoms with Gasteiger partial charge in [-0.15, -0.1) is 0 Å². The summed E-state index contributed by atoms with van der Waals surface area (Å²) in [5.41, 5.74) is 8.30. The molecule has 0 bridgehead atoms. The lowest BCUT2D eigenvalue weighted by Gasteiger charge is -2.04. The Balaban J connectivity index is 1.88. The highest BCUT2D eigenvalue weighted by Crippen LogP contribution is 2.34. The van der Waals surface area contributed by atoms with Gasteiger partial charge in [0.2, 0.25) is 5.91 Å². The Morgan fingerprint density at radius 1 is 1.37 bits per heavy atom. The van der Waals surface area contributed by atoms with Crippen molar-refractivity contribution in [2.24, 2.45) is 5.73 Å². The van der Waals surface area contributed by atoms with Gasteiger partial charge in [-0.3, -0.25) is 4.79 Å². The smallest absolute Gasteiger partial charge is 0.245 e. The summed E-state index contributed by atoms with van der Waals surface area (Å²) in [5.74, 6) is -0.163. The Hall–Kier alpha value is -1.92. The Bertz CT molecular complexity index is 659. The van der Waals surface area contributed by atoms with E-state index in [4.69, 9.17) is 5.73 Å². The standard InChI is InChI=1S/C13H12N4OS/c1-7-4-5-15-13(16-7)19-8-2-3-9-10(6-8)17-12(18)11(9)14/h2-6,11H,14H2,1H3,(H,17,18). The highest BCUT2D eigenvalue weighted by atomic mass is 32.2. The van der Waals surface area contributed by atoms with E-state index in [0.717, 1.165) is 21.8 Å². The van der Waals surface area contributed by atoms with Gasteiger partial charge in [-0.2, -0.15) is 0 Å². The number of hydrogen-bond donors (Lipinski definition) is 2. The highest BCUT2D eigenvalue weighted by Gasteiger charge is 2.27. The molecule has 0 saturated heterocycles. The van der Waals surface area contributed by atoms with Gasteiger partial charge in [0.05, 0.1) is 0 Å². The van der Waals surface area contributed by atoms with Crippen LogP contribution < -0.4 is 11.1 Å². The first-order valence-electron chi connectivity index (χ1n) is 5.81. The molecule has 0 aliphatic carbocycles. The van der Waals surface area contributed by atoms with Gasteiger partial charge in [0.15, 0.2) is 5.16 Å². The van der Waals surface area contributed by atoms with Crippen LogP contribution in [-0.4, -0.2) is 15.9 Å². The molecule has 1 aliphatic rings. The van der Waals surface area contributed by atoms with E-state index < -0.39 is 6.04 Å². The first kappa shape index (κ1) is 12.1. The molecule has 0 spiro atoms. The number of aryl methyl sites for hydroxylation is 1. The van der Waals surface area contributed by atoms with Gasteiger partial charge in [0, 0.05) is 28.0 Å². The normalized spacial score (nSPS) is 17.2. The molecule has 1 aromatic heterocycles. The number of carbonyl (C=O) groups is 1. The van der Waals surface area contributed by atoms with Gasteiger partial charge in [-0.05, 0) is 36.9 Å². The Morgan fingerprint density at radius 2 is 2.21 bits per heavy atom. The van der Waals surface area contributed by atoms with Crippen molar-refractivity contribution in [3.05, 3.63) is 41.7 Å². The maximum Gasteiger partial charge on any atom is 0.245 e. The molecule has 0 radical (unpaired) electrons. The summed E-state index contributed by atoms with van der Waals surface area (Å²) in [6.45, 7) is 1.92. The summed E-state index contributed by atoms with van der Waals surface area (Å²) >= 11 is 1.46. The third-order valence-electron chi connectivity index (χ3n) is 2.88. The molecule has 1 unspecified atom stereocenters. The topological polar surface area (TPSA) is 80.9 Å². The summed E-state index contributed by atoms with van der Waals surface area (Å²) in [4.78, 5) is 21.0. The van der Waals surface area contributed by atoms with Crippen molar-refractivity contribution in [3.63, 3.8) is 0 Å².